The van der Waals surface area contributed by atoms with Gasteiger partial charge in [0.15, 0.2) is 0 Å². The first-order valence-corrected chi connectivity index (χ1v) is 15.8. The van der Waals surface area contributed by atoms with E-state index >= 15 is 0 Å². The standard InChI is InChI=1S/C20H39Cl3O2Si/c1-3-5-6-7-8-9-10-11-12-13-14-15-16-17-18-19(26(21,22)23)20(24)25-4-2/h19H,3-18H2,1-2H3. The Morgan fingerprint density at radius 2 is 1.12 bits per heavy atom. The molecule has 0 amide bonds. The number of unbranched alkanes of at least 4 members (excludes halogenated alkanes) is 13. The molecule has 0 aliphatic carbocycles. The van der Waals surface area contributed by atoms with Crippen LogP contribution in [0, 0.1) is 0 Å². The Bertz CT molecular complexity index is 336. The van der Waals surface area contributed by atoms with Gasteiger partial charge in [-0.3, -0.25) is 4.79 Å². The molecule has 1 unspecified atom stereocenters. The van der Waals surface area contributed by atoms with Crippen molar-refractivity contribution in [2.45, 2.75) is 116 Å². The highest BCUT2D eigenvalue weighted by Crippen LogP contribution is 2.38. The van der Waals surface area contributed by atoms with E-state index in [1.807, 2.05) is 0 Å². The van der Waals surface area contributed by atoms with Crippen LogP contribution in [0.15, 0.2) is 0 Å². The Morgan fingerprint density at radius 3 is 1.46 bits per heavy atom. The second kappa shape index (κ2) is 17.6. The summed E-state index contributed by atoms with van der Waals surface area (Å²) in [6.07, 6.45) is 18.9. The van der Waals surface area contributed by atoms with Gasteiger partial charge in [0.25, 0.3) is 0 Å². The van der Waals surface area contributed by atoms with Gasteiger partial charge in [-0.2, -0.15) is 0 Å². The molecule has 26 heavy (non-hydrogen) atoms. The topological polar surface area (TPSA) is 26.3 Å². The smallest absolute Gasteiger partial charge is 0.355 e. The summed E-state index contributed by atoms with van der Waals surface area (Å²) in [5.41, 5.74) is -0.523. The maximum atomic E-state index is 11.9. The molecular weight excluding hydrogens is 407 g/mol. The lowest BCUT2D eigenvalue weighted by Crippen LogP contribution is -2.29. The van der Waals surface area contributed by atoms with Crippen LogP contribution in [0.25, 0.3) is 0 Å². The fourth-order valence-electron chi connectivity index (χ4n) is 3.20. The lowest BCUT2D eigenvalue weighted by atomic mass is 10.0. The summed E-state index contributed by atoms with van der Waals surface area (Å²) in [6, 6.07) is -3.05. The molecule has 0 aromatic heterocycles. The third-order valence-corrected chi connectivity index (χ3v) is 8.50. The molecule has 0 heterocycles. The second-order valence-corrected chi connectivity index (χ2v) is 16.1. The fraction of sp³-hybridized carbons (Fsp3) is 0.950. The van der Waals surface area contributed by atoms with Crippen molar-refractivity contribution >= 4 is 45.2 Å². The van der Waals surface area contributed by atoms with Crippen LogP contribution < -0.4 is 0 Å². The fourth-order valence-corrected chi connectivity index (χ4v) is 5.87. The molecule has 0 bridgehead atoms. The summed E-state index contributed by atoms with van der Waals surface area (Å²) in [7, 11) is 0. The lowest BCUT2D eigenvalue weighted by Gasteiger charge is -2.20. The molecule has 0 radical (unpaired) electrons. The van der Waals surface area contributed by atoms with Gasteiger partial charge in [0, 0.05) is 0 Å². The average molecular weight is 446 g/mol. The Labute approximate surface area is 176 Å². The number of rotatable bonds is 18. The van der Waals surface area contributed by atoms with E-state index in [9.17, 15) is 4.79 Å². The van der Waals surface area contributed by atoms with E-state index in [1.165, 1.54) is 77.0 Å². The number of carbonyl (C=O) groups excluding carboxylic acids is 1. The first kappa shape index (κ1) is 26.6. The molecule has 2 nitrogen and oxygen atoms in total. The van der Waals surface area contributed by atoms with Gasteiger partial charge in [-0.05, 0) is 13.3 Å². The monoisotopic (exact) mass is 444 g/mol. The number of hydrogen-bond acceptors (Lipinski definition) is 2. The zero-order chi connectivity index (χ0) is 19.7. The van der Waals surface area contributed by atoms with Crippen LogP contribution in [-0.4, -0.2) is 18.6 Å². The summed E-state index contributed by atoms with van der Waals surface area (Å²) >= 11 is 18.2. The van der Waals surface area contributed by atoms with E-state index in [-0.39, 0.29) is 5.97 Å². The maximum Gasteiger partial charge on any atom is 0.355 e. The highest BCUT2D eigenvalue weighted by molar-refractivity contribution is 7.65. The molecule has 0 N–H and O–H groups in total. The van der Waals surface area contributed by atoms with Crippen LogP contribution in [0.1, 0.15) is 110 Å². The van der Waals surface area contributed by atoms with Gasteiger partial charge in [-0.15, -0.1) is 33.2 Å². The Balaban J connectivity index is 3.52. The van der Waals surface area contributed by atoms with Crippen LogP contribution in [0.3, 0.4) is 0 Å². The predicted molar refractivity (Wildman–Crippen MR) is 119 cm³/mol. The Kier molecular flexibility index (Phi) is 18.0. The van der Waals surface area contributed by atoms with E-state index < -0.39 is 11.5 Å². The minimum atomic E-state index is -3.05. The van der Waals surface area contributed by atoms with Crippen molar-refractivity contribution in [3.8, 4) is 0 Å². The Morgan fingerprint density at radius 1 is 0.731 bits per heavy atom. The van der Waals surface area contributed by atoms with Crippen LogP contribution in [0.4, 0.5) is 0 Å². The van der Waals surface area contributed by atoms with E-state index in [0.717, 1.165) is 12.8 Å². The van der Waals surface area contributed by atoms with Gasteiger partial charge in [-0.1, -0.05) is 96.8 Å². The van der Waals surface area contributed by atoms with Gasteiger partial charge in [0.05, 0.1) is 12.1 Å². The quantitative estimate of drug-likeness (QED) is 0.0915. The summed E-state index contributed by atoms with van der Waals surface area (Å²) < 4.78 is 5.04. The molecule has 0 fully saturated rings. The van der Waals surface area contributed by atoms with Crippen LogP contribution in [0.2, 0.25) is 5.54 Å². The molecule has 156 valence electrons. The molecule has 0 spiro atoms. The molecule has 1 atom stereocenters. The summed E-state index contributed by atoms with van der Waals surface area (Å²) in [5.74, 6) is -0.339. The molecule has 0 rings (SSSR count). The third-order valence-electron chi connectivity index (χ3n) is 4.81. The number of hydrogen-bond donors (Lipinski definition) is 0. The minimum absolute atomic E-state index is 0.337. The zero-order valence-electron chi connectivity index (χ0n) is 16.8. The summed E-state index contributed by atoms with van der Waals surface area (Å²) in [6.45, 7) is 4.38. The third kappa shape index (κ3) is 15.6. The highest BCUT2D eigenvalue weighted by atomic mass is 35.8. The second-order valence-electron chi connectivity index (χ2n) is 7.23. The highest BCUT2D eigenvalue weighted by Gasteiger charge is 2.42. The number of carbonyl (C=O) groups is 1. The number of halogens is 3. The van der Waals surface area contributed by atoms with E-state index in [4.69, 9.17) is 38.0 Å². The first-order chi connectivity index (χ1) is 12.4. The largest absolute Gasteiger partial charge is 0.466 e. The van der Waals surface area contributed by atoms with E-state index in [1.54, 1.807) is 6.92 Å². The van der Waals surface area contributed by atoms with Crippen molar-refractivity contribution in [3.05, 3.63) is 0 Å². The van der Waals surface area contributed by atoms with Gasteiger partial charge in [0.2, 0.25) is 0 Å². The molecule has 6 heteroatoms. The van der Waals surface area contributed by atoms with Crippen LogP contribution in [-0.2, 0) is 9.53 Å². The predicted octanol–water partition coefficient (Wildman–Crippen LogP) is 8.45. The van der Waals surface area contributed by atoms with Crippen molar-refractivity contribution in [3.63, 3.8) is 0 Å². The van der Waals surface area contributed by atoms with Crippen LogP contribution >= 0.6 is 33.2 Å². The molecular formula is C20H39Cl3O2Si. The molecule has 0 aliphatic rings. The molecule has 0 saturated carbocycles. The minimum Gasteiger partial charge on any atom is -0.466 e. The number of esters is 1. The van der Waals surface area contributed by atoms with Crippen LogP contribution in [0.5, 0.6) is 0 Å². The van der Waals surface area contributed by atoms with Crippen molar-refractivity contribution < 1.29 is 9.53 Å². The SMILES string of the molecule is CCCCCCCCCCCCCCCCC(C(=O)OCC)[Si](Cl)(Cl)Cl. The summed E-state index contributed by atoms with van der Waals surface area (Å²) in [4.78, 5) is 11.9. The van der Waals surface area contributed by atoms with Crippen molar-refractivity contribution in [1.29, 1.82) is 0 Å². The van der Waals surface area contributed by atoms with Gasteiger partial charge >= 0.3 is 12.0 Å². The zero-order valence-corrected chi connectivity index (χ0v) is 20.1. The molecule has 0 saturated heterocycles. The Hall–Kier alpha value is 0.557. The van der Waals surface area contributed by atoms with E-state index in [2.05, 4.69) is 6.92 Å². The molecule has 0 aromatic carbocycles. The lowest BCUT2D eigenvalue weighted by molar-refractivity contribution is -0.143. The van der Waals surface area contributed by atoms with E-state index in [0.29, 0.717) is 13.0 Å². The number of ether oxygens (including phenoxy) is 1. The van der Waals surface area contributed by atoms with Gasteiger partial charge in [0.1, 0.15) is 0 Å². The average Bonchev–Trinajstić information content (AvgIpc) is 2.57. The molecule has 0 aliphatic heterocycles. The maximum absolute atomic E-state index is 11.9. The van der Waals surface area contributed by atoms with Crippen molar-refractivity contribution in [1.82, 2.24) is 0 Å². The normalized spacial score (nSPS) is 13.0. The first-order valence-electron chi connectivity index (χ1n) is 10.7. The van der Waals surface area contributed by atoms with Gasteiger partial charge < -0.3 is 4.74 Å². The van der Waals surface area contributed by atoms with Crippen molar-refractivity contribution in [2.24, 2.45) is 0 Å². The summed E-state index contributed by atoms with van der Waals surface area (Å²) in [5, 5.41) is 0. The molecule has 0 aromatic rings. The van der Waals surface area contributed by atoms with Crippen molar-refractivity contribution in [2.75, 3.05) is 6.61 Å². The van der Waals surface area contributed by atoms with Gasteiger partial charge in [-0.25, -0.2) is 0 Å².